The third-order valence-electron chi connectivity index (χ3n) is 4.10. The molecule has 0 saturated heterocycles. The standard InChI is InChI=1S/C20H27N3O4S/c1-5-6-7-12-23(19(26)22-18-21-14(2)13-28-18)15-8-10-16(11-9-15)27-20(3,4)17(24)25/h8-11,13H,5-7,12H2,1-4H3,(H,24,25)(H,21,22,26). The van der Waals surface area contributed by atoms with Crippen LogP contribution in [0.25, 0.3) is 0 Å². The molecule has 2 amide bonds. The number of anilines is 2. The SMILES string of the molecule is CCCCCN(C(=O)Nc1nc(C)cs1)c1ccc(OC(C)(C)C(=O)O)cc1. The van der Waals surface area contributed by atoms with Crippen molar-refractivity contribution in [3.05, 3.63) is 35.3 Å². The summed E-state index contributed by atoms with van der Waals surface area (Å²) in [5.41, 5.74) is 0.241. The van der Waals surface area contributed by atoms with Gasteiger partial charge in [0.05, 0.1) is 5.69 Å². The van der Waals surface area contributed by atoms with Gasteiger partial charge in [0.1, 0.15) is 5.75 Å². The summed E-state index contributed by atoms with van der Waals surface area (Å²) in [6.07, 6.45) is 2.96. The molecule has 0 atom stereocenters. The van der Waals surface area contributed by atoms with E-state index in [1.807, 2.05) is 12.3 Å². The number of hydrogen-bond donors (Lipinski definition) is 2. The van der Waals surface area contributed by atoms with Gasteiger partial charge in [0, 0.05) is 17.6 Å². The van der Waals surface area contributed by atoms with E-state index in [-0.39, 0.29) is 6.03 Å². The molecule has 1 heterocycles. The van der Waals surface area contributed by atoms with E-state index in [1.165, 1.54) is 25.2 Å². The summed E-state index contributed by atoms with van der Waals surface area (Å²) in [4.78, 5) is 30.0. The first-order valence-corrected chi connectivity index (χ1v) is 10.1. The molecule has 0 bridgehead atoms. The molecule has 0 spiro atoms. The Morgan fingerprint density at radius 1 is 1.25 bits per heavy atom. The van der Waals surface area contributed by atoms with Crippen LogP contribution in [0.1, 0.15) is 45.7 Å². The van der Waals surface area contributed by atoms with Crippen molar-refractivity contribution >= 4 is 34.2 Å². The molecule has 152 valence electrons. The van der Waals surface area contributed by atoms with E-state index in [1.54, 1.807) is 29.2 Å². The normalized spacial score (nSPS) is 11.1. The molecule has 0 radical (unpaired) electrons. The summed E-state index contributed by atoms with van der Waals surface area (Å²) in [7, 11) is 0. The highest BCUT2D eigenvalue weighted by atomic mass is 32.1. The number of carbonyl (C=O) groups excluding carboxylic acids is 1. The number of thiazole rings is 1. The third-order valence-corrected chi connectivity index (χ3v) is 4.98. The van der Waals surface area contributed by atoms with Crippen LogP contribution in [0.5, 0.6) is 5.75 Å². The molecule has 2 rings (SSSR count). The third kappa shape index (κ3) is 5.95. The Morgan fingerprint density at radius 2 is 1.93 bits per heavy atom. The molecule has 2 N–H and O–H groups in total. The van der Waals surface area contributed by atoms with Crippen LogP contribution in [0.3, 0.4) is 0 Å². The van der Waals surface area contributed by atoms with E-state index >= 15 is 0 Å². The molecule has 0 fully saturated rings. The zero-order valence-electron chi connectivity index (χ0n) is 16.7. The van der Waals surface area contributed by atoms with Crippen LogP contribution < -0.4 is 15.0 Å². The fraction of sp³-hybridized carbons (Fsp3) is 0.450. The number of carboxylic acid groups (broad SMARTS) is 1. The second-order valence-electron chi connectivity index (χ2n) is 6.99. The number of unbranched alkanes of at least 4 members (excludes halogenated alkanes) is 2. The zero-order valence-corrected chi connectivity index (χ0v) is 17.5. The van der Waals surface area contributed by atoms with Gasteiger partial charge < -0.3 is 9.84 Å². The number of hydrogen-bond acceptors (Lipinski definition) is 5. The quantitative estimate of drug-likeness (QED) is 0.578. The molecule has 1 aromatic carbocycles. The van der Waals surface area contributed by atoms with Crippen molar-refractivity contribution in [2.75, 3.05) is 16.8 Å². The van der Waals surface area contributed by atoms with Crippen molar-refractivity contribution in [1.82, 2.24) is 4.98 Å². The predicted octanol–water partition coefficient (Wildman–Crippen LogP) is 4.92. The predicted molar refractivity (Wildman–Crippen MR) is 112 cm³/mol. The highest BCUT2D eigenvalue weighted by Crippen LogP contribution is 2.25. The number of nitrogens with one attached hydrogen (secondary N) is 1. The maximum absolute atomic E-state index is 12.8. The number of rotatable bonds is 9. The number of carboxylic acids is 1. The van der Waals surface area contributed by atoms with Gasteiger partial charge in [-0.25, -0.2) is 14.6 Å². The molecule has 8 heteroatoms. The highest BCUT2D eigenvalue weighted by molar-refractivity contribution is 7.13. The van der Waals surface area contributed by atoms with E-state index in [0.29, 0.717) is 23.1 Å². The molecule has 0 aliphatic rings. The molecular formula is C20H27N3O4S. The monoisotopic (exact) mass is 405 g/mol. The van der Waals surface area contributed by atoms with Crippen molar-refractivity contribution < 1.29 is 19.4 Å². The lowest BCUT2D eigenvalue weighted by Crippen LogP contribution is -2.38. The largest absolute Gasteiger partial charge is 0.478 e. The van der Waals surface area contributed by atoms with E-state index in [2.05, 4.69) is 17.2 Å². The first-order chi connectivity index (χ1) is 13.2. The lowest BCUT2D eigenvalue weighted by molar-refractivity contribution is -0.152. The number of urea groups is 1. The van der Waals surface area contributed by atoms with Crippen molar-refractivity contribution in [3.63, 3.8) is 0 Å². The van der Waals surface area contributed by atoms with Crippen molar-refractivity contribution in [2.45, 2.75) is 52.6 Å². The summed E-state index contributed by atoms with van der Waals surface area (Å²) >= 11 is 1.38. The molecule has 1 aromatic heterocycles. The van der Waals surface area contributed by atoms with E-state index in [4.69, 9.17) is 4.74 Å². The van der Waals surface area contributed by atoms with E-state index in [9.17, 15) is 14.7 Å². The second-order valence-corrected chi connectivity index (χ2v) is 7.85. The summed E-state index contributed by atoms with van der Waals surface area (Å²) in [5, 5.41) is 14.5. The summed E-state index contributed by atoms with van der Waals surface area (Å²) in [6.45, 7) is 7.54. The van der Waals surface area contributed by atoms with Crippen LogP contribution in [0.4, 0.5) is 15.6 Å². The second kappa shape index (κ2) is 9.54. The first kappa shape index (κ1) is 21.7. The van der Waals surface area contributed by atoms with Gasteiger partial charge in [-0.15, -0.1) is 11.3 Å². The molecule has 0 aliphatic heterocycles. The lowest BCUT2D eigenvalue weighted by atomic mass is 10.1. The average Bonchev–Trinajstić information content (AvgIpc) is 3.04. The Morgan fingerprint density at radius 3 is 2.46 bits per heavy atom. The smallest absolute Gasteiger partial charge is 0.347 e. The summed E-state index contributed by atoms with van der Waals surface area (Å²) < 4.78 is 5.53. The number of nitrogens with zero attached hydrogens (tertiary/aromatic N) is 2. The van der Waals surface area contributed by atoms with Gasteiger partial charge in [0.2, 0.25) is 0 Å². The number of amides is 2. The number of aliphatic carboxylic acids is 1. The minimum Gasteiger partial charge on any atom is -0.478 e. The van der Waals surface area contributed by atoms with Crippen molar-refractivity contribution in [1.29, 1.82) is 0 Å². The Bertz CT molecular complexity index is 802. The van der Waals surface area contributed by atoms with Crippen LogP contribution in [-0.4, -0.2) is 34.2 Å². The first-order valence-electron chi connectivity index (χ1n) is 9.26. The molecule has 2 aromatic rings. The van der Waals surface area contributed by atoms with Crippen LogP contribution in [-0.2, 0) is 4.79 Å². The van der Waals surface area contributed by atoms with Gasteiger partial charge in [-0.2, -0.15) is 0 Å². The van der Waals surface area contributed by atoms with Gasteiger partial charge in [-0.05, 0) is 51.5 Å². The Labute approximate surface area is 169 Å². The molecular weight excluding hydrogens is 378 g/mol. The maximum Gasteiger partial charge on any atom is 0.347 e. The molecule has 0 aliphatic carbocycles. The van der Waals surface area contributed by atoms with Crippen LogP contribution >= 0.6 is 11.3 Å². The fourth-order valence-electron chi connectivity index (χ4n) is 2.47. The number of carbonyl (C=O) groups is 2. The number of aryl methyl sites for hydroxylation is 1. The lowest BCUT2D eigenvalue weighted by Gasteiger charge is -2.24. The fourth-order valence-corrected chi connectivity index (χ4v) is 3.15. The Balaban J connectivity index is 2.15. The molecule has 0 unspecified atom stereocenters. The number of aromatic nitrogens is 1. The van der Waals surface area contributed by atoms with Gasteiger partial charge in [0.15, 0.2) is 10.7 Å². The topological polar surface area (TPSA) is 91.8 Å². The molecule has 28 heavy (non-hydrogen) atoms. The Kier molecular flexibility index (Phi) is 7.39. The van der Waals surface area contributed by atoms with E-state index in [0.717, 1.165) is 25.0 Å². The number of benzene rings is 1. The van der Waals surface area contributed by atoms with Gasteiger partial charge in [-0.1, -0.05) is 19.8 Å². The van der Waals surface area contributed by atoms with Crippen molar-refractivity contribution in [3.8, 4) is 5.75 Å². The van der Waals surface area contributed by atoms with Gasteiger partial charge in [0.25, 0.3) is 0 Å². The molecule has 7 nitrogen and oxygen atoms in total. The van der Waals surface area contributed by atoms with Gasteiger partial charge in [-0.3, -0.25) is 10.2 Å². The average molecular weight is 406 g/mol. The van der Waals surface area contributed by atoms with E-state index < -0.39 is 11.6 Å². The highest BCUT2D eigenvalue weighted by Gasteiger charge is 2.29. The summed E-state index contributed by atoms with van der Waals surface area (Å²) in [5.74, 6) is -0.614. The van der Waals surface area contributed by atoms with Crippen LogP contribution in [0.15, 0.2) is 29.6 Å². The van der Waals surface area contributed by atoms with Crippen molar-refractivity contribution in [2.24, 2.45) is 0 Å². The zero-order chi connectivity index (χ0) is 20.7. The summed E-state index contributed by atoms with van der Waals surface area (Å²) in [6, 6.07) is 6.61. The van der Waals surface area contributed by atoms with Gasteiger partial charge >= 0.3 is 12.0 Å². The Hall–Kier alpha value is -2.61. The van der Waals surface area contributed by atoms with Crippen LogP contribution in [0, 0.1) is 6.92 Å². The minimum atomic E-state index is -1.33. The number of ether oxygens (including phenoxy) is 1. The minimum absolute atomic E-state index is 0.245. The molecule has 0 saturated carbocycles. The maximum atomic E-state index is 12.8. The van der Waals surface area contributed by atoms with Crippen LogP contribution in [0.2, 0.25) is 0 Å².